The number of nitrogens with two attached hydrogens (primary N) is 1. The Morgan fingerprint density at radius 3 is 2.75 bits per heavy atom. The number of benzene rings is 1. The number of hydrogen-bond acceptors (Lipinski definition) is 3. The Morgan fingerprint density at radius 1 is 1.44 bits per heavy atom. The van der Waals surface area contributed by atoms with Crippen LogP contribution < -0.4 is 10.6 Å². The smallest absolute Gasteiger partial charge is 0.101 e. The first-order valence-electron chi connectivity index (χ1n) is 5.68. The molecular weight excluding hydrogens is 198 g/mol. The molecule has 0 bridgehead atoms. The van der Waals surface area contributed by atoms with Gasteiger partial charge in [0.25, 0.3) is 0 Å². The molecule has 1 aliphatic heterocycles. The van der Waals surface area contributed by atoms with Gasteiger partial charge >= 0.3 is 0 Å². The van der Waals surface area contributed by atoms with Crippen molar-refractivity contribution in [3.8, 4) is 6.07 Å². The molecule has 1 heterocycles. The molecule has 0 amide bonds. The first-order chi connectivity index (χ1) is 7.61. The van der Waals surface area contributed by atoms with Crippen LogP contribution in [0.4, 0.5) is 11.4 Å². The fourth-order valence-corrected chi connectivity index (χ4v) is 2.53. The molecule has 1 saturated heterocycles. The highest BCUT2D eigenvalue weighted by molar-refractivity contribution is 5.65. The molecule has 0 radical (unpaired) electrons. The predicted octanol–water partition coefficient (Wildman–Crippen LogP) is 2.38. The average molecular weight is 215 g/mol. The van der Waals surface area contributed by atoms with E-state index < -0.39 is 0 Å². The molecule has 16 heavy (non-hydrogen) atoms. The molecule has 3 heteroatoms. The summed E-state index contributed by atoms with van der Waals surface area (Å²) in [6, 6.07) is 8.31. The SMILES string of the molecule is CC1CC(C)N(c2ccc(N)cc2C#N)C1. The normalized spacial score (nSPS) is 24.4. The number of nitrogens with zero attached hydrogens (tertiary/aromatic N) is 2. The maximum atomic E-state index is 9.12. The number of rotatable bonds is 1. The molecule has 1 aliphatic rings. The van der Waals surface area contributed by atoms with Crippen molar-refractivity contribution in [3.63, 3.8) is 0 Å². The largest absolute Gasteiger partial charge is 0.399 e. The summed E-state index contributed by atoms with van der Waals surface area (Å²) < 4.78 is 0. The van der Waals surface area contributed by atoms with Crippen molar-refractivity contribution in [1.82, 2.24) is 0 Å². The van der Waals surface area contributed by atoms with Gasteiger partial charge in [-0.25, -0.2) is 0 Å². The molecule has 0 aliphatic carbocycles. The zero-order valence-electron chi connectivity index (χ0n) is 9.77. The Balaban J connectivity index is 2.37. The average Bonchev–Trinajstić information content (AvgIpc) is 2.57. The first kappa shape index (κ1) is 10.8. The fourth-order valence-electron chi connectivity index (χ4n) is 2.53. The summed E-state index contributed by atoms with van der Waals surface area (Å²) in [6.45, 7) is 5.49. The molecule has 2 unspecified atom stereocenters. The number of nitrogen functional groups attached to an aromatic ring is 1. The minimum Gasteiger partial charge on any atom is -0.399 e. The van der Waals surface area contributed by atoms with E-state index in [0.717, 1.165) is 12.2 Å². The lowest BCUT2D eigenvalue weighted by atomic mass is 10.1. The molecule has 0 aromatic heterocycles. The third-order valence-corrected chi connectivity index (χ3v) is 3.23. The lowest BCUT2D eigenvalue weighted by Gasteiger charge is -2.25. The number of anilines is 2. The van der Waals surface area contributed by atoms with Crippen molar-refractivity contribution in [2.75, 3.05) is 17.2 Å². The van der Waals surface area contributed by atoms with Crippen LogP contribution in [0.15, 0.2) is 18.2 Å². The highest BCUT2D eigenvalue weighted by Crippen LogP contribution is 2.31. The van der Waals surface area contributed by atoms with Gasteiger partial charge in [-0.2, -0.15) is 5.26 Å². The Labute approximate surface area is 96.5 Å². The molecule has 0 spiro atoms. The highest BCUT2D eigenvalue weighted by Gasteiger charge is 2.27. The van der Waals surface area contributed by atoms with E-state index in [9.17, 15) is 0 Å². The van der Waals surface area contributed by atoms with Crippen LogP contribution in [0.1, 0.15) is 25.8 Å². The van der Waals surface area contributed by atoms with Gasteiger partial charge in [0.05, 0.1) is 11.3 Å². The van der Waals surface area contributed by atoms with Crippen molar-refractivity contribution in [2.24, 2.45) is 5.92 Å². The minimum atomic E-state index is 0.505. The Morgan fingerprint density at radius 2 is 2.19 bits per heavy atom. The summed E-state index contributed by atoms with van der Waals surface area (Å²) >= 11 is 0. The van der Waals surface area contributed by atoms with Crippen LogP contribution >= 0.6 is 0 Å². The Bertz CT molecular complexity index is 433. The summed E-state index contributed by atoms with van der Waals surface area (Å²) in [5, 5.41) is 9.12. The van der Waals surface area contributed by atoms with Crippen LogP contribution in [0, 0.1) is 17.2 Å². The summed E-state index contributed by atoms with van der Waals surface area (Å²) in [7, 11) is 0. The van der Waals surface area contributed by atoms with Crippen LogP contribution in [-0.4, -0.2) is 12.6 Å². The summed E-state index contributed by atoms with van der Waals surface area (Å²) in [4.78, 5) is 2.31. The second-order valence-electron chi connectivity index (χ2n) is 4.73. The van der Waals surface area contributed by atoms with Crippen LogP contribution in [-0.2, 0) is 0 Å². The van der Waals surface area contributed by atoms with Gasteiger partial charge in [0.15, 0.2) is 0 Å². The van der Waals surface area contributed by atoms with Crippen molar-refractivity contribution in [3.05, 3.63) is 23.8 Å². The van der Waals surface area contributed by atoms with Gasteiger partial charge in [0.2, 0.25) is 0 Å². The van der Waals surface area contributed by atoms with Gasteiger partial charge in [-0.15, -0.1) is 0 Å². The maximum Gasteiger partial charge on any atom is 0.101 e. The van der Waals surface area contributed by atoms with E-state index in [2.05, 4.69) is 24.8 Å². The molecule has 1 aromatic carbocycles. The van der Waals surface area contributed by atoms with E-state index in [1.54, 1.807) is 6.07 Å². The van der Waals surface area contributed by atoms with Crippen molar-refractivity contribution in [1.29, 1.82) is 5.26 Å². The van der Waals surface area contributed by atoms with Gasteiger partial charge in [-0.1, -0.05) is 6.92 Å². The first-order valence-corrected chi connectivity index (χ1v) is 5.68. The van der Waals surface area contributed by atoms with E-state index in [1.165, 1.54) is 6.42 Å². The summed E-state index contributed by atoms with van der Waals surface area (Å²) in [5.74, 6) is 0.694. The molecule has 2 rings (SSSR count). The van der Waals surface area contributed by atoms with Gasteiger partial charge in [-0.3, -0.25) is 0 Å². The molecule has 1 aromatic rings. The van der Waals surface area contributed by atoms with Gasteiger partial charge in [-0.05, 0) is 37.5 Å². The van der Waals surface area contributed by atoms with Crippen LogP contribution in [0.3, 0.4) is 0 Å². The lowest BCUT2D eigenvalue weighted by molar-refractivity contribution is 0.625. The Hall–Kier alpha value is -1.69. The van der Waals surface area contributed by atoms with Crippen molar-refractivity contribution in [2.45, 2.75) is 26.3 Å². The van der Waals surface area contributed by atoms with Gasteiger partial charge < -0.3 is 10.6 Å². The molecular formula is C13H17N3. The third kappa shape index (κ3) is 1.83. The zero-order chi connectivity index (χ0) is 11.7. The molecule has 3 nitrogen and oxygen atoms in total. The highest BCUT2D eigenvalue weighted by atomic mass is 15.2. The molecule has 2 N–H and O–H groups in total. The maximum absolute atomic E-state index is 9.12. The number of nitriles is 1. The van der Waals surface area contributed by atoms with Crippen molar-refractivity contribution < 1.29 is 0 Å². The summed E-state index contributed by atoms with van der Waals surface area (Å²) in [5.41, 5.74) is 8.05. The third-order valence-electron chi connectivity index (χ3n) is 3.23. The van der Waals surface area contributed by atoms with E-state index in [0.29, 0.717) is 23.2 Å². The monoisotopic (exact) mass is 215 g/mol. The van der Waals surface area contributed by atoms with Crippen LogP contribution in [0.25, 0.3) is 0 Å². The Kier molecular flexibility index (Phi) is 2.74. The quantitative estimate of drug-likeness (QED) is 0.732. The topological polar surface area (TPSA) is 53.0 Å². The van der Waals surface area contributed by atoms with Crippen molar-refractivity contribution >= 4 is 11.4 Å². The van der Waals surface area contributed by atoms with Crippen LogP contribution in [0.2, 0.25) is 0 Å². The second-order valence-corrected chi connectivity index (χ2v) is 4.73. The molecule has 2 atom stereocenters. The summed E-state index contributed by atoms with van der Waals surface area (Å²) in [6.07, 6.45) is 1.19. The lowest BCUT2D eigenvalue weighted by Crippen LogP contribution is -2.27. The predicted molar refractivity (Wildman–Crippen MR) is 66.2 cm³/mol. The molecule has 1 fully saturated rings. The minimum absolute atomic E-state index is 0.505. The van der Waals surface area contributed by atoms with E-state index in [-0.39, 0.29) is 0 Å². The number of hydrogen-bond donors (Lipinski definition) is 1. The van der Waals surface area contributed by atoms with E-state index in [4.69, 9.17) is 11.0 Å². The van der Waals surface area contributed by atoms with E-state index in [1.807, 2.05) is 12.1 Å². The fraction of sp³-hybridized carbons (Fsp3) is 0.462. The van der Waals surface area contributed by atoms with Gasteiger partial charge in [0, 0.05) is 18.3 Å². The van der Waals surface area contributed by atoms with E-state index >= 15 is 0 Å². The standard InChI is InChI=1S/C13H17N3/c1-9-5-10(2)16(8-9)13-4-3-12(15)6-11(13)7-14/h3-4,6,9-10H,5,8,15H2,1-2H3. The second kappa shape index (κ2) is 4.05. The zero-order valence-corrected chi connectivity index (χ0v) is 9.77. The molecule has 0 saturated carbocycles. The molecule has 84 valence electrons. The van der Waals surface area contributed by atoms with Crippen LogP contribution in [0.5, 0.6) is 0 Å². The van der Waals surface area contributed by atoms with Gasteiger partial charge in [0.1, 0.15) is 6.07 Å².